The summed E-state index contributed by atoms with van der Waals surface area (Å²) < 4.78 is 10.7. The standard InChI is InChI=1S/C22H21N3O3S/c1-14-10-18(16-6-4-3-5-7-16)25-22(23-14)29-12-21(26)24-15(2)17-8-9-19-20(11-17)28-13-27-19/h3-11,15H,12-13H2,1-2H3,(H,24,26). The summed E-state index contributed by atoms with van der Waals surface area (Å²) in [5, 5.41) is 3.60. The fourth-order valence-corrected chi connectivity index (χ4v) is 3.76. The van der Waals surface area contributed by atoms with Gasteiger partial charge in [0.1, 0.15) is 0 Å². The van der Waals surface area contributed by atoms with E-state index in [1.165, 1.54) is 11.8 Å². The summed E-state index contributed by atoms with van der Waals surface area (Å²) in [5.74, 6) is 1.60. The highest BCUT2D eigenvalue weighted by molar-refractivity contribution is 7.99. The Bertz CT molecular complexity index is 1030. The fourth-order valence-electron chi connectivity index (χ4n) is 3.04. The first-order valence-electron chi connectivity index (χ1n) is 9.31. The lowest BCUT2D eigenvalue weighted by Gasteiger charge is -2.14. The number of carbonyl (C=O) groups is 1. The van der Waals surface area contributed by atoms with Crippen molar-refractivity contribution in [1.82, 2.24) is 15.3 Å². The minimum absolute atomic E-state index is 0.0773. The Morgan fingerprint density at radius 1 is 1.10 bits per heavy atom. The number of fused-ring (bicyclic) bond motifs is 1. The van der Waals surface area contributed by atoms with E-state index in [-0.39, 0.29) is 24.5 Å². The predicted molar refractivity (Wildman–Crippen MR) is 112 cm³/mol. The van der Waals surface area contributed by atoms with Gasteiger partial charge < -0.3 is 14.8 Å². The molecule has 1 aliphatic rings. The Balaban J connectivity index is 1.38. The molecular formula is C22H21N3O3S. The quantitative estimate of drug-likeness (QED) is 0.489. The monoisotopic (exact) mass is 407 g/mol. The lowest BCUT2D eigenvalue weighted by atomic mass is 10.1. The Labute approximate surface area is 173 Å². The third-order valence-corrected chi connectivity index (χ3v) is 5.36. The average Bonchev–Trinajstić information content (AvgIpc) is 3.20. The number of thioether (sulfide) groups is 1. The van der Waals surface area contributed by atoms with E-state index in [2.05, 4.69) is 15.3 Å². The van der Waals surface area contributed by atoms with Crippen molar-refractivity contribution in [1.29, 1.82) is 0 Å². The normalized spacial score (nSPS) is 13.2. The van der Waals surface area contributed by atoms with Crippen molar-refractivity contribution in [3.63, 3.8) is 0 Å². The van der Waals surface area contributed by atoms with Crippen LogP contribution in [0.5, 0.6) is 11.5 Å². The van der Waals surface area contributed by atoms with Crippen LogP contribution in [0.3, 0.4) is 0 Å². The lowest BCUT2D eigenvalue weighted by Crippen LogP contribution is -2.28. The molecule has 148 valence electrons. The van der Waals surface area contributed by atoms with Crippen molar-refractivity contribution in [2.45, 2.75) is 25.0 Å². The molecule has 1 atom stereocenters. The van der Waals surface area contributed by atoms with Crippen LogP contribution in [-0.2, 0) is 4.79 Å². The van der Waals surface area contributed by atoms with Gasteiger partial charge in [0.25, 0.3) is 0 Å². The van der Waals surface area contributed by atoms with Crippen LogP contribution in [0.25, 0.3) is 11.3 Å². The summed E-state index contributed by atoms with van der Waals surface area (Å²) in [6, 6.07) is 17.4. The predicted octanol–water partition coefficient (Wildman–Crippen LogP) is 4.15. The highest BCUT2D eigenvalue weighted by atomic mass is 32.2. The molecule has 0 fully saturated rings. The molecule has 0 saturated heterocycles. The minimum atomic E-state index is -0.143. The van der Waals surface area contributed by atoms with Crippen LogP contribution < -0.4 is 14.8 Å². The maximum absolute atomic E-state index is 12.4. The number of hydrogen-bond acceptors (Lipinski definition) is 6. The Morgan fingerprint density at radius 2 is 1.90 bits per heavy atom. The van der Waals surface area contributed by atoms with Gasteiger partial charge in [0.2, 0.25) is 12.7 Å². The van der Waals surface area contributed by atoms with E-state index in [9.17, 15) is 4.79 Å². The molecule has 0 radical (unpaired) electrons. The second kappa shape index (κ2) is 8.53. The van der Waals surface area contributed by atoms with Gasteiger partial charge in [-0.15, -0.1) is 0 Å². The van der Waals surface area contributed by atoms with Crippen LogP contribution in [0.1, 0.15) is 24.2 Å². The van der Waals surface area contributed by atoms with Crippen LogP contribution in [-0.4, -0.2) is 28.4 Å². The molecule has 29 heavy (non-hydrogen) atoms. The molecule has 1 amide bonds. The summed E-state index contributed by atoms with van der Waals surface area (Å²) in [4.78, 5) is 21.5. The first-order chi connectivity index (χ1) is 14.1. The number of ether oxygens (including phenoxy) is 2. The molecular weight excluding hydrogens is 386 g/mol. The number of nitrogens with one attached hydrogen (secondary N) is 1. The number of rotatable bonds is 6. The molecule has 1 aliphatic heterocycles. The smallest absolute Gasteiger partial charge is 0.231 e. The number of benzene rings is 2. The number of amides is 1. The van der Waals surface area contributed by atoms with Crippen LogP contribution >= 0.6 is 11.8 Å². The first kappa shape index (κ1) is 19.3. The van der Waals surface area contributed by atoms with Crippen molar-refractivity contribution in [2.24, 2.45) is 0 Å². The molecule has 1 N–H and O–H groups in total. The van der Waals surface area contributed by atoms with Gasteiger partial charge in [-0.1, -0.05) is 48.2 Å². The Kier molecular flexibility index (Phi) is 5.67. The maximum Gasteiger partial charge on any atom is 0.231 e. The van der Waals surface area contributed by atoms with Crippen LogP contribution in [0.2, 0.25) is 0 Å². The van der Waals surface area contributed by atoms with Gasteiger partial charge in [-0.05, 0) is 37.6 Å². The Hall–Kier alpha value is -3.06. The highest BCUT2D eigenvalue weighted by Gasteiger charge is 2.17. The molecule has 0 aliphatic carbocycles. The van der Waals surface area contributed by atoms with E-state index in [4.69, 9.17) is 9.47 Å². The van der Waals surface area contributed by atoms with Crippen molar-refractivity contribution < 1.29 is 14.3 Å². The molecule has 0 saturated carbocycles. The zero-order chi connectivity index (χ0) is 20.2. The molecule has 6 nitrogen and oxygen atoms in total. The molecule has 2 aromatic carbocycles. The first-order valence-corrected chi connectivity index (χ1v) is 10.3. The van der Waals surface area contributed by atoms with E-state index >= 15 is 0 Å². The molecule has 1 unspecified atom stereocenters. The van der Waals surface area contributed by atoms with E-state index in [0.717, 1.165) is 28.3 Å². The largest absolute Gasteiger partial charge is 0.454 e. The minimum Gasteiger partial charge on any atom is -0.454 e. The van der Waals surface area contributed by atoms with E-state index in [1.807, 2.05) is 68.4 Å². The van der Waals surface area contributed by atoms with Gasteiger partial charge in [0.05, 0.1) is 17.5 Å². The number of carbonyl (C=O) groups excluding carboxylic acids is 1. The number of aromatic nitrogens is 2. The van der Waals surface area contributed by atoms with Crippen LogP contribution in [0, 0.1) is 6.92 Å². The molecule has 7 heteroatoms. The number of hydrogen-bond donors (Lipinski definition) is 1. The van der Waals surface area contributed by atoms with Gasteiger partial charge in [-0.3, -0.25) is 4.79 Å². The van der Waals surface area contributed by atoms with Gasteiger partial charge in [0, 0.05) is 11.3 Å². The zero-order valence-corrected chi connectivity index (χ0v) is 17.0. The second-order valence-corrected chi connectivity index (χ2v) is 7.68. The summed E-state index contributed by atoms with van der Waals surface area (Å²) >= 11 is 1.33. The fraction of sp³-hybridized carbons (Fsp3) is 0.227. The van der Waals surface area contributed by atoms with E-state index in [1.54, 1.807) is 0 Å². The summed E-state index contributed by atoms with van der Waals surface area (Å²) in [6.07, 6.45) is 0. The molecule has 0 spiro atoms. The lowest BCUT2D eigenvalue weighted by molar-refractivity contribution is -0.119. The van der Waals surface area contributed by atoms with E-state index in [0.29, 0.717) is 10.9 Å². The number of aryl methyl sites for hydroxylation is 1. The third kappa shape index (κ3) is 4.68. The van der Waals surface area contributed by atoms with E-state index < -0.39 is 0 Å². The van der Waals surface area contributed by atoms with Crippen molar-refractivity contribution >= 4 is 17.7 Å². The second-order valence-electron chi connectivity index (χ2n) is 6.73. The van der Waals surface area contributed by atoms with Gasteiger partial charge in [-0.2, -0.15) is 0 Å². The van der Waals surface area contributed by atoms with Crippen molar-refractivity contribution in [3.05, 3.63) is 65.9 Å². The van der Waals surface area contributed by atoms with Gasteiger partial charge in [0.15, 0.2) is 16.7 Å². The zero-order valence-electron chi connectivity index (χ0n) is 16.2. The Morgan fingerprint density at radius 3 is 2.72 bits per heavy atom. The third-order valence-electron chi connectivity index (χ3n) is 4.51. The van der Waals surface area contributed by atoms with Crippen LogP contribution in [0.4, 0.5) is 0 Å². The summed E-state index contributed by atoms with van der Waals surface area (Å²) in [7, 11) is 0. The molecule has 1 aromatic heterocycles. The van der Waals surface area contributed by atoms with Crippen molar-refractivity contribution in [2.75, 3.05) is 12.5 Å². The molecule has 4 rings (SSSR count). The summed E-state index contributed by atoms with van der Waals surface area (Å²) in [6.45, 7) is 4.11. The van der Waals surface area contributed by atoms with Gasteiger partial charge >= 0.3 is 0 Å². The van der Waals surface area contributed by atoms with Gasteiger partial charge in [-0.25, -0.2) is 9.97 Å². The molecule has 0 bridgehead atoms. The maximum atomic E-state index is 12.4. The molecule has 2 heterocycles. The summed E-state index contributed by atoms with van der Waals surface area (Å²) in [5.41, 5.74) is 3.72. The molecule has 3 aromatic rings. The van der Waals surface area contributed by atoms with Crippen LogP contribution in [0.15, 0.2) is 59.8 Å². The topological polar surface area (TPSA) is 73.3 Å². The highest BCUT2D eigenvalue weighted by Crippen LogP contribution is 2.34. The SMILES string of the molecule is Cc1cc(-c2ccccc2)nc(SCC(=O)NC(C)c2ccc3c(c2)OCO3)n1. The number of nitrogens with zero attached hydrogens (tertiary/aromatic N) is 2. The van der Waals surface area contributed by atoms with Crippen molar-refractivity contribution in [3.8, 4) is 22.8 Å². The average molecular weight is 407 g/mol.